The Hall–Kier alpha value is -3.25. The van der Waals surface area contributed by atoms with Crippen molar-refractivity contribution in [3.05, 3.63) is 69.8 Å². The highest BCUT2D eigenvalue weighted by molar-refractivity contribution is 5.86. The third-order valence-electron chi connectivity index (χ3n) is 9.54. The van der Waals surface area contributed by atoms with Gasteiger partial charge in [-0.1, -0.05) is 18.2 Å². The summed E-state index contributed by atoms with van der Waals surface area (Å²) < 4.78 is 69.5. The molecule has 0 unspecified atom stereocenters. The summed E-state index contributed by atoms with van der Waals surface area (Å²) >= 11 is 0. The molecule has 4 rings (SSSR count). The Morgan fingerprint density at radius 2 is 1.66 bits per heavy atom. The second-order valence-electron chi connectivity index (χ2n) is 12.2. The lowest BCUT2D eigenvalue weighted by atomic mass is 9.77. The third kappa shape index (κ3) is 6.15. The molecule has 0 aliphatic carbocycles. The minimum atomic E-state index is -4.87. The minimum absolute atomic E-state index is 0.0879. The van der Waals surface area contributed by atoms with Crippen molar-refractivity contribution < 1.29 is 41.8 Å². The molecule has 2 aliphatic heterocycles. The monoisotopic (exact) mass is 625 g/mol. The Bertz CT molecular complexity index is 1350. The first-order valence-corrected chi connectivity index (χ1v) is 14.7. The maximum atomic E-state index is 14.2. The van der Waals surface area contributed by atoms with Gasteiger partial charge >= 0.3 is 12.2 Å². The Kier molecular flexibility index (Phi) is 9.38. The van der Waals surface area contributed by atoms with Crippen LogP contribution in [0.25, 0.3) is 0 Å². The van der Waals surface area contributed by atoms with Crippen LogP contribution in [0.15, 0.2) is 36.4 Å². The summed E-state index contributed by atoms with van der Waals surface area (Å²) in [5.41, 5.74) is -0.433. The van der Waals surface area contributed by atoms with E-state index in [0.717, 1.165) is 28.8 Å². The van der Waals surface area contributed by atoms with Crippen LogP contribution in [0.3, 0.4) is 0 Å². The van der Waals surface area contributed by atoms with Crippen LogP contribution in [0, 0.1) is 19.3 Å². The molecule has 2 aromatic rings. The van der Waals surface area contributed by atoms with E-state index in [-0.39, 0.29) is 57.0 Å². The van der Waals surface area contributed by atoms with Crippen LogP contribution < -0.4 is 0 Å². The molecule has 0 saturated carbocycles. The molecule has 2 N–H and O–H groups in total. The van der Waals surface area contributed by atoms with Crippen molar-refractivity contribution in [2.75, 3.05) is 33.4 Å². The minimum Gasteiger partial charge on any atom is -0.396 e. The SMILES string of the molecule is Cc1cccc([C@H]2[C@@H]3CC(CCO)(CCO)C(=O)N3CCN2C(=O)N(C)[C@H](C)c2cc(C(C)(F)F)cc(C(F)(F)F)c2)c1C. The van der Waals surface area contributed by atoms with E-state index in [2.05, 4.69) is 0 Å². The van der Waals surface area contributed by atoms with Crippen LogP contribution in [0.5, 0.6) is 0 Å². The van der Waals surface area contributed by atoms with Gasteiger partial charge in [0.2, 0.25) is 5.91 Å². The van der Waals surface area contributed by atoms with Gasteiger partial charge in [0.15, 0.2) is 0 Å². The van der Waals surface area contributed by atoms with Crippen LogP contribution in [-0.2, 0) is 16.9 Å². The number of carbonyl (C=O) groups excluding carboxylic acids is 2. The molecule has 2 aliphatic rings. The first-order chi connectivity index (χ1) is 20.5. The maximum absolute atomic E-state index is 14.2. The van der Waals surface area contributed by atoms with E-state index < -0.39 is 52.8 Å². The van der Waals surface area contributed by atoms with Gasteiger partial charge in [-0.2, -0.15) is 13.2 Å². The van der Waals surface area contributed by atoms with Crippen molar-refractivity contribution in [1.29, 1.82) is 0 Å². The lowest BCUT2D eigenvalue weighted by Crippen LogP contribution is -2.57. The van der Waals surface area contributed by atoms with Crippen LogP contribution in [0.2, 0.25) is 0 Å². The molecule has 242 valence electrons. The average Bonchev–Trinajstić information content (AvgIpc) is 3.23. The predicted molar refractivity (Wildman–Crippen MR) is 154 cm³/mol. The quantitative estimate of drug-likeness (QED) is 0.355. The summed E-state index contributed by atoms with van der Waals surface area (Å²) in [4.78, 5) is 32.5. The van der Waals surface area contributed by atoms with Crippen LogP contribution >= 0.6 is 0 Å². The number of halogens is 5. The standard InChI is InChI=1S/C32H40F5N3O4/c1-19-7-6-8-25(20(19)2)27-26-18-31(9-13-41,10-14-42)28(43)39(26)11-12-40(27)29(44)38(5)21(3)22-15-23(30(4,33)34)17-24(16-22)32(35,36)37/h6-8,15-17,21,26-27,41-42H,9-14,18H2,1-5H3/t21-,26+,27+/m1/s1. The number of benzene rings is 2. The molecular weight excluding hydrogens is 585 g/mol. The molecule has 0 aromatic heterocycles. The molecular formula is C32H40F5N3O4. The number of alkyl halides is 5. The van der Waals surface area contributed by atoms with Crippen molar-refractivity contribution in [3.63, 3.8) is 0 Å². The Morgan fingerprint density at radius 1 is 1.05 bits per heavy atom. The number of hydrogen-bond donors (Lipinski definition) is 2. The second-order valence-corrected chi connectivity index (χ2v) is 12.2. The number of aryl methyl sites for hydroxylation is 1. The fraction of sp³-hybridized carbons (Fsp3) is 0.562. The summed E-state index contributed by atoms with van der Waals surface area (Å²) in [5.74, 6) is -3.72. The number of amides is 3. The molecule has 0 bridgehead atoms. The Morgan fingerprint density at radius 3 is 2.23 bits per heavy atom. The van der Waals surface area contributed by atoms with Gasteiger partial charge in [-0.3, -0.25) is 4.79 Å². The van der Waals surface area contributed by atoms with Gasteiger partial charge in [-0.05, 0) is 80.5 Å². The van der Waals surface area contributed by atoms with Gasteiger partial charge < -0.3 is 24.9 Å². The van der Waals surface area contributed by atoms with Gasteiger partial charge in [0.05, 0.1) is 29.1 Å². The van der Waals surface area contributed by atoms with Gasteiger partial charge in [0.25, 0.3) is 5.92 Å². The van der Waals surface area contributed by atoms with Crippen LogP contribution in [0.4, 0.5) is 26.7 Å². The zero-order chi connectivity index (χ0) is 32.8. The topological polar surface area (TPSA) is 84.3 Å². The fourth-order valence-electron chi connectivity index (χ4n) is 6.72. The van der Waals surface area contributed by atoms with E-state index in [4.69, 9.17) is 0 Å². The smallest absolute Gasteiger partial charge is 0.396 e. The summed E-state index contributed by atoms with van der Waals surface area (Å²) in [6.07, 6.45) is -4.27. The van der Waals surface area contributed by atoms with E-state index in [0.29, 0.717) is 13.0 Å². The molecule has 2 heterocycles. The zero-order valence-corrected chi connectivity index (χ0v) is 25.6. The van der Waals surface area contributed by atoms with Crippen LogP contribution in [0.1, 0.15) is 78.6 Å². The second kappa shape index (κ2) is 12.3. The number of piperazine rings is 1. The number of urea groups is 1. The highest BCUT2D eigenvalue weighted by atomic mass is 19.4. The van der Waals surface area contributed by atoms with E-state index >= 15 is 0 Å². The first-order valence-electron chi connectivity index (χ1n) is 14.7. The lowest BCUT2D eigenvalue weighted by Gasteiger charge is -2.47. The number of aliphatic hydroxyl groups is 2. The van der Waals surface area contributed by atoms with Crippen molar-refractivity contribution in [1.82, 2.24) is 14.7 Å². The Labute approximate surface area is 254 Å². The molecule has 2 fully saturated rings. The molecule has 12 heteroatoms. The summed E-state index contributed by atoms with van der Waals surface area (Å²) in [7, 11) is 1.42. The largest absolute Gasteiger partial charge is 0.416 e. The van der Waals surface area contributed by atoms with Gasteiger partial charge in [-0.15, -0.1) is 0 Å². The molecule has 3 atom stereocenters. The number of rotatable bonds is 8. The highest BCUT2D eigenvalue weighted by Gasteiger charge is 2.56. The van der Waals surface area contributed by atoms with E-state index in [9.17, 15) is 41.8 Å². The van der Waals surface area contributed by atoms with E-state index in [1.807, 2.05) is 32.0 Å². The number of carbonyl (C=O) groups is 2. The molecule has 3 amide bonds. The predicted octanol–water partition coefficient (Wildman–Crippen LogP) is 5.96. The molecule has 2 saturated heterocycles. The lowest BCUT2D eigenvalue weighted by molar-refractivity contribution is -0.140. The Balaban J connectivity index is 1.76. The van der Waals surface area contributed by atoms with E-state index in [1.165, 1.54) is 18.9 Å². The van der Waals surface area contributed by atoms with Crippen molar-refractivity contribution in [2.24, 2.45) is 5.41 Å². The summed E-state index contributed by atoms with van der Waals surface area (Å²) in [6.45, 7) is 5.66. The molecule has 7 nitrogen and oxygen atoms in total. The van der Waals surface area contributed by atoms with Gasteiger partial charge in [0, 0.05) is 45.8 Å². The first kappa shape index (κ1) is 33.6. The van der Waals surface area contributed by atoms with Crippen molar-refractivity contribution in [3.8, 4) is 0 Å². The zero-order valence-electron chi connectivity index (χ0n) is 25.6. The fourth-order valence-corrected chi connectivity index (χ4v) is 6.72. The third-order valence-corrected chi connectivity index (χ3v) is 9.54. The van der Waals surface area contributed by atoms with Gasteiger partial charge in [0.1, 0.15) is 0 Å². The van der Waals surface area contributed by atoms with Crippen molar-refractivity contribution >= 4 is 11.9 Å². The summed E-state index contributed by atoms with van der Waals surface area (Å²) in [6, 6.07) is 5.22. The number of aliphatic hydroxyl groups excluding tert-OH is 2. The number of hydrogen-bond acceptors (Lipinski definition) is 4. The highest BCUT2D eigenvalue weighted by Crippen LogP contribution is 2.49. The maximum Gasteiger partial charge on any atom is 0.416 e. The normalized spacial score (nSPS) is 21.0. The molecule has 0 spiro atoms. The number of nitrogens with zero attached hydrogens (tertiary/aromatic N) is 3. The van der Waals surface area contributed by atoms with Gasteiger partial charge in [-0.25, -0.2) is 13.6 Å². The molecule has 44 heavy (non-hydrogen) atoms. The average molecular weight is 626 g/mol. The molecule has 2 aromatic carbocycles. The van der Waals surface area contributed by atoms with Crippen molar-refractivity contribution in [2.45, 2.75) is 77.2 Å². The molecule has 0 radical (unpaired) electrons. The number of fused-ring (bicyclic) bond motifs is 1. The van der Waals surface area contributed by atoms with Crippen LogP contribution in [-0.4, -0.2) is 76.2 Å². The van der Waals surface area contributed by atoms with E-state index in [1.54, 1.807) is 9.80 Å². The summed E-state index contributed by atoms with van der Waals surface area (Å²) in [5, 5.41) is 19.6.